The monoisotopic (exact) mass is 328 g/mol. The maximum absolute atomic E-state index is 12.6. The zero-order valence-electron chi connectivity index (χ0n) is 11.8. The molecule has 118 valence electrons. The van der Waals surface area contributed by atoms with Crippen molar-refractivity contribution in [3.63, 3.8) is 0 Å². The molecule has 2 aromatic rings. The average molecular weight is 328 g/mol. The van der Waals surface area contributed by atoms with Crippen molar-refractivity contribution in [2.45, 2.75) is 12.7 Å². The molecule has 0 atom stereocenters. The highest BCUT2D eigenvalue weighted by atomic mass is 32.1. The van der Waals surface area contributed by atoms with Gasteiger partial charge in [-0.1, -0.05) is 11.3 Å². The topological polar surface area (TPSA) is 32.3 Å². The standard InChI is InChI=1S/C14H15F3N4S/c15-14(16,17)12-9-19-13(22-12)21-7-5-20(6-8-21)10-11-1-3-18-4-2-11/h1-4,9H,5-8,10H2. The Bertz CT molecular complexity index is 606. The Morgan fingerprint density at radius 1 is 1.09 bits per heavy atom. The van der Waals surface area contributed by atoms with E-state index < -0.39 is 11.1 Å². The van der Waals surface area contributed by atoms with Gasteiger partial charge in [-0.2, -0.15) is 13.2 Å². The van der Waals surface area contributed by atoms with E-state index in [0.717, 1.165) is 25.8 Å². The molecule has 3 heterocycles. The highest BCUT2D eigenvalue weighted by Gasteiger charge is 2.34. The van der Waals surface area contributed by atoms with Gasteiger partial charge in [0, 0.05) is 45.1 Å². The highest BCUT2D eigenvalue weighted by molar-refractivity contribution is 7.15. The largest absolute Gasteiger partial charge is 0.427 e. The second kappa shape index (κ2) is 6.21. The van der Waals surface area contributed by atoms with Crippen molar-refractivity contribution >= 4 is 16.5 Å². The number of thiazole rings is 1. The smallest absolute Gasteiger partial charge is 0.346 e. The van der Waals surface area contributed by atoms with Gasteiger partial charge in [-0.05, 0) is 17.7 Å². The summed E-state index contributed by atoms with van der Waals surface area (Å²) < 4.78 is 37.8. The van der Waals surface area contributed by atoms with Crippen LogP contribution in [-0.4, -0.2) is 41.0 Å². The zero-order chi connectivity index (χ0) is 15.6. The van der Waals surface area contributed by atoms with Crippen LogP contribution in [0.25, 0.3) is 0 Å². The minimum atomic E-state index is -4.31. The Hall–Kier alpha value is -1.67. The lowest BCUT2D eigenvalue weighted by Crippen LogP contribution is -2.45. The maximum Gasteiger partial charge on any atom is 0.427 e. The van der Waals surface area contributed by atoms with Crippen molar-refractivity contribution < 1.29 is 13.2 Å². The van der Waals surface area contributed by atoms with Crippen LogP contribution in [-0.2, 0) is 12.7 Å². The minimum absolute atomic E-state index is 0.455. The van der Waals surface area contributed by atoms with Crippen LogP contribution >= 0.6 is 11.3 Å². The molecule has 8 heteroatoms. The summed E-state index contributed by atoms with van der Waals surface area (Å²) in [6, 6.07) is 3.95. The van der Waals surface area contributed by atoms with Gasteiger partial charge in [-0.15, -0.1) is 0 Å². The zero-order valence-corrected chi connectivity index (χ0v) is 12.6. The first kappa shape index (κ1) is 15.2. The molecule has 1 aliphatic heterocycles. The van der Waals surface area contributed by atoms with Gasteiger partial charge in [0.2, 0.25) is 0 Å². The van der Waals surface area contributed by atoms with Crippen molar-refractivity contribution in [3.8, 4) is 0 Å². The molecular weight excluding hydrogens is 313 g/mol. The first-order chi connectivity index (χ1) is 10.5. The van der Waals surface area contributed by atoms with E-state index in [1.807, 2.05) is 17.0 Å². The first-order valence-corrected chi connectivity index (χ1v) is 7.73. The van der Waals surface area contributed by atoms with Crippen LogP contribution in [0.1, 0.15) is 10.4 Å². The third-order valence-corrected chi connectivity index (χ3v) is 4.67. The van der Waals surface area contributed by atoms with E-state index in [1.54, 1.807) is 12.4 Å². The molecule has 0 aliphatic carbocycles. The second-order valence-electron chi connectivity index (χ2n) is 5.12. The highest BCUT2D eigenvalue weighted by Crippen LogP contribution is 2.36. The summed E-state index contributed by atoms with van der Waals surface area (Å²) in [5.74, 6) is 0. The van der Waals surface area contributed by atoms with Gasteiger partial charge in [-0.3, -0.25) is 9.88 Å². The predicted octanol–water partition coefficient (Wildman–Crippen LogP) is 2.88. The lowest BCUT2D eigenvalue weighted by molar-refractivity contribution is -0.134. The van der Waals surface area contributed by atoms with Crippen LogP contribution in [0, 0.1) is 0 Å². The molecule has 1 saturated heterocycles. The Balaban J connectivity index is 1.56. The van der Waals surface area contributed by atoms with Crippen molar-refractivity contribution in [1.29, 1.82) is 0 Å². The molecule has 0 saturated carbocycles. The summed E-state index contributed by atoms with van der Waals surface area (Å²) in [5.41, 5.74) is 1.19. The predicted molar refractivity (Wildman–Crippen MR) is 78.8 cm³/mol. The molecule has 1 fully saturated rings. The molecular formula is C14H15F3N4S. The van der Waals surface area contributed by atoms with Crippen LogP contribution in [0.15, 0.2) is 30.7 Å². The molecule has 0 radical (unpaired) electrons. The summed E-state index contributed by atoms with van der Waals surface area (Å²) in [7, 11) is 0. The lowest BCUT2D eigenvalue weighted by Gasteiger charge is -2.34. The quantitative estimate of drug-likeness (QED) is 0.867. The number of pyridine rings is 1. The lowest BCUT2D eigenvalue weighted by atomic mass is 10.2. The average Bonchev–Trinajstić information content (AvgIpc) is 2.99. The van der Waals surface area contributed by atoms with E-state index in [4.69, 9.17) is 0 Å². The van der Waals surface area contributed by atoms with Crippen molar-refractivity contribution in [3.05, 3.63) is 41.2 Å². The number of rotatable bonds is 3. The van der Waals surface area contributed by atoms with Crippen molar-refractivity contribution in [2.75, 3.05) is 31.1 Å². The summed E-state index contributed by atoms with van der Waals surface area (Å²) >= 11 is 0.715. The number of nitrogens with zero attached hydrogens (tertiary/aromatic N) is 4. The molecule has 4 nitrogen and oxygen atoms in total. The Morgan fingerprint density at radius 2 is 1.77 bits per heavy atom. The molecule has 3 rings (SSSR count). The Labute approximate surface area is 130 Å². The van der Waals surface area contributed by atoms with E-state index in [2.05, 4.69) is 14.9 Å². The number of hydrogen-bond donors (Lipinski definition) is 0. The van der Waals surface area contributed by atoms with Crippen LogP contribution in [0.5, 0.6) is 0 Å². The number of aromatic nitrogens is 2. The molecule has 1 aliphatic rings. The fraction of sp³-hybridized carbons (Fsp3) is 0.429. The molecule has 0 amide bonds. The van der Waals surface area contributed by atoms with Gasteiger partial charge < -0.3 is 4.90 Å². The minimum Gasteiger partial charge on any atom is -0.346 e. The van der Waals surface area contributed by atoms with Gasteiger partial charge in [0.1, 0.15) is 4.88 Å². The number of hydrogen-bond acceptors (Lipinski definition) is 5. The summed E-state index contributed by atoms with van der Waals surface area (Å²) in [4.78, 5) is 11.5. The Morgan fingerprint density at radius 3 is 2.36 bits per heavy atom. The van der Waals surface area contributed by atoms with Gasteiger partial charge in [0.05, 0.1) is 6.20 Å². The van der Waals surface area contributed by atoms with E-state index in [9.17, 15) is 13.2 Å². The number of piperazine rings is 1. The van der Waals surface area contributed by atoms with Crippen LogP contribution in [0.2, 0.25) is 0 Å². The SMILES string of the molecule is FC(F)(F)c1cnc(N2CCN(Cc3ccncc3)CC2)s1. The van der Waals surface area contributed by atoms with E-state index in [0.29, 0.717) is 29.6 Å². The van der Waals surface area contributed by atoms with E-state index in [-0.39, 0.29) is 0 Å². The molecule has 2 aromatic heterocycles. The molecule has 0 unspecified atom stereocenters. The number of halogens is 3. The van der Waals surface area contributed by atoms with Crippen LogP contribution < -0.4 is 4.90 Å². The third-order valence-electron chi connectivity index (χ3n) is 3.57. The molecule has 22 heavy (non-hydrogen) atoms. The van der Waals surface area contributed by atoms with Crippen LogP contribution in [0.3, 0.4) is 0 Å². The maximum atomic E-state index is 12.6. The molecule has 0 bridgehead atoms. The molecule has 0 N–H and O–H groups in total. The second-order valence-corrected chi connectivity index (χ2v) is 6.13. The van der Waals surface area contributed by atoms with E-state index >= 15 is 0 Å². The molecule has 0 aromatic carbocycles. The van der Waals surface area contributed by atoms with Crippen LogP contribution in [0.4, 0.5) is 18.3 Å². The fourth-order valence-corrected chi connectivity index (χ4v) is 3.22. The van der Waals surface area contributed by atoms with Crippen molar-refractivity contribution in [1.82, 2.24) is 14.9 Å². The van der Waals surface area contributed by atoms with Gasteiger partial charge in [0.25, 0.3) is 0 Å². The fourth-order valence-electron chi connectivity index (χ4n) is 2.39. The Kier molecular flexibility index (Phi) is 4.30. The normalized spacial score (nSPS) is 17.0. The number of alkyl halides is 3. The first-order valence-electron chi connectivity index (χ1n) is 6.91. The molecule has 0 spiro atoms. The van der Waals surface area contributed by atoms with E-state index in [1.165, 1.54) is 5.56 Å². The van der Waals surface area contributed by atoms with Gasteiger partial charge in [0.15, 0.2) is 5.13 Å². The van der Waals surface area contributed by atoms with Crippen molar-refractivity contribution in [2.24, 2.45) is 0 Å². The number of anilines is 1. The van der Waals surface area contributed by atoms with Gasteiger partial charge in [-0.25, -0.2) is 4.98 Å². The third kappa shape index (κ3) is 3.56. The summed E-state index contributed by atoms with van der Waals surface area (Å²) in [5, 5.41) is 0.455. The van der Waals surface area contributed by atoms with Gasteiger partial charge >= 0.3 is 6.18 Å². The summed E-state index contributed by atoms with van der Waals surface area (Å²) in [6.45, 7) is 3.83. The summed E-state index contributed by atoms with van der Waals surface area (Å²) in [6.07, 6.45) is 0.141.